The van der Waals surface area contributed by atoms with Gasteiger partial charge in [0.1, 0.15) is 5.82 Å². The van der Waals surface area contributed by atoms with Gasteiger partial charge in [0.25, 0.3) is 0 Å². The molecule has 24 heavy (non-hydrogen) atoms. The number of aromatic nitrogens is 4. The van der Waals surface area contributed by atoms with E-state index in [0.717, 1.165) is 43.1 Å². The molecule has 1 saturated heterocycles. The van der Waals surface area contributed by atoms with Gasteiger partial charge in [-0.3, -0.25) is 14.8 Å². The summed E-state index contributed by atoms with van der Waals surface area (Å²) in [5.41, 5.74) is 2.19. The van der Waals surface area contributed by atoms with Crippen LogP contribution in [0.4, 0.5) is 5.82 Å². The van der Waals surface area contributed by atoms with Gasteiger partial charge in [-0.05, 0) is 46.2 Å². The third-order valence-electron chi connectivity index (χ3n) is 4.44. The van der Waals surface area contributed by atoms with Crippen LogP contribution in [0.25, 0.3) is 0 Å². The lowest BCUT2D eigenvalue weighted by Gasteiger charge is -2.31. The largest absolute Gasteiger partial charge is 0.310 e. The molecule has 7 nitrogen and oxygen atoms in total. The van der Waals surface area contributed by atoms with E-state index in [2.05, 4.69) is 31.6 Å². The molecule has 1 fully saturated rings. The van der Waals surface area contributed by atoms with E-state index in [9.17, 15) is 4.79 Å². The van der Waals surface area contributed by atoms with Gasteiger partial charge in [0.2, 0.25) is 5.91 Å². The molecular formula is C17H26N6O. The molecule has 0 unspecified atom stereocenters. The first kappa shape index (κ1) is 16.7. The van der Waals surface area contributed by atoms with E-state index in [0.29, 0.717) is 12.5 Å². The first-order chi connectivity index (χ1) is 11.5. The quantitative estimate of drug-likeness (QED) is 0.882. The van der Waals surface area contributed by atoms with Gasteiger partial charge in [-0.25, -0.2) is 4.68 Å². The molecule has 1 atom stereocenters. The van der Waals surface area contributed by atoms with E-state index in [1.54, 1.807) is 6.20 Å². The molecule has 3 rings (SSSR count). The van der Waals surface area contributed by atoms with E-state index in [1.807, 2.05) is 31.5 Å². The maximum absolute atomic E-state index is 12.4. The van der Waals surface area contributed by atoms with Gasteiger partial charge in [0.15, 0.2) is 0 Å². The second-order valence-electron chi connectivity index (χ2n) is 6.85. The highest BCUT2D eigenvalue weighted by molar-refractivity contribution is 5.91. The molecule has 0 bridgehead atoms. The van der Waals surface area contributed by atoms with Crippen molar-refractivity contribution >= 4 is 11.7 Å². The number of rotatable bonds is 5. The molecule has 0 radical (unpaired) electrons. The summed E-state index contributed by atoms with van der Waals surface area (Å²) >= 11 is 0. The number of anilines is 1. The number of amides is 1. The normalized spacial score (nSPS) is 18.9. The third kappa shape index (κ3) is 3.84. The van der Waals surface area contributed by atoms with Crippen molar-refractivity contribution in [2.75, 3.05) is 25.0 Å². The molecule has 3 heterocycles. The smallest absolute Gasteiger partial charge is 0.239 e. The molecule has 0 aromatic carbocycles. The van der Waals surface area contributed by atoms with Crippen molar-refractivity contribution in [1.82, 2.24) is 24.9 Å². The Morgan fingerprint density at radius 1 is 1.50 bits per heavy atom. The molecular weight excluding hydrogens is 304 g/mol. The van der Waals surface area contributed by atoms with Crippen LogP contribution in [-0.2, 0) is 4.79 Å². The van der Waals surface area contributed by atoms with E-state index in [-0.39, 0.29) is 11.9 Å². The molecule has 0 spiro atoms. The second-order valence-corrected chi connectivity index (χ2v) is 6.85. The van der Waals surface area contributed by atoms with Gasteiger partial charge in [-0.1, -0.05) is 0 Å². The topological polar surface area (TPSA) is 78.8 Å². The molecule has 1 aliphatic rings. The van der Waals surface area contributed by atoms with E-state index in [1.165, 1.54) is 0 Å². The summed E-state index contributed by atoms with van der Waals surface area (Å²) in [4.78, 5) is 14.6. The summed E-state index contributed by atoms with van der Waals surface area (Å²) in [7, 11) is 0. The Bertz CT molecular complexity index is 689. The highest BCUT2D eigenvalue weighted by Crippen LogP contribution is 2.25. The van der Waals surface area contributed by atoms with Crippen LogP contribution in [0.2, 0.25) is 0 Å². The molecule has 0 saturated carbocycles. The molecule has 1 aliphatic heterocycles. The lowest BCUT2D eigenvalue weighted by molar-refractivity contribution is -0.117. The summed E-state index contributed by atoms with van der Waals surface area (Å²) in [5.74, 6) is 1.17. The highest BCUT2D eigenvalue weighted by atomic mass is 16.2. The maximum Gasteiger partial charge on any atom is 0.239 e. The minimum atomic E-state index is 0.0104. The van der Waals surface area contributed by atoms with Crippen molar-refractivity contribution in [1.29, 1.82) is 0 Å². The number of likely N-dealkylation sites (tertiary alicyclic amines) is 1. The molecule has 130 valence electrons. The summed E-state index contributed by atoms with van der Waals surface area (Å²) in [6.07, 6.45) is 3.93. The van der Waals surface area contributed by atoms with Gasteiger partial charge in [-0.15, -0.1) is 0 Å². The third-order valence-corrected chi connectivity index (χ3v) is 4.44. The van der Waals surface area contributed by atoms with Crippen molar-refractivity contribution in [3.05, 3.63) is 29.7 Å². The minimum Gasteiger partial charge on any atom is -0.310 e. The average Bonchev–Trinajstić information content (AvgIpc) is 3.16. The predicted molar refractivity (Wildman–Crippen MR) is 93.0 cm³/mol. The van der Waals surface area contributed by atoms with Crippen molar-refractivity contribution in [3.8, 4) is 0 Å². The Kier molecular flexibility index (Phi) is 4.99. The summed E-state index contributed by atoms with van der Waals surface area (Å²) in [6, 6.07) is 4.16. The SMILES string of the molecule is Cc1cc([C@@H]2CCCN(CC(=O)Nc3ccnn3C(C)C)C2)n[nH]1. The fraction of sp³-hybridized carbons (Fsp3) is 0.588. The average molecular weight is 330 g/mol. The summed E-state index contributed by atoms with van der Waals surface area (Å²) < 4.78 is 1.82. The van der Waals surface area contributed by atoms with E-state index < -0.39 is 0 Å². The van der Waals surface area contributed by atoms with Crippen molar-refractivity contribution in [2.24, 2.45) is 0 Å². The highest BCUT2D eigenvalue weighted by Gasteiger charge is 2.24. The molecule has 2 N–H and O–H groups in total. The number of aryl methyl sites for hydroxylation is 1. The van der Waals surface area contributed by atoms with Gasteiger partial charge < -0.3 is 5.32 Å². The maximum atomic E-state index is 12.4. The van der Waals surface area contributed by atoms with Crippen LogP contribution < -0.4 is 5.32 Å². The number of hydrogen-bond acceptors (Lipinski definition) is 4. The number of carbonyl (C=O) groups excluding carboxylic acids is 1. The van der Waals surface area contributed by atoms with Crippen LogP contribution in [0, 0.1) is 6.92 Å². The Balaban J connectivity index is 1.57. The van der Waals surface area contributed by atoms with Crippen LogP contribution in [0.15, 0.2) is 18.3 Å². The molecule has 7 heteroatoms. The fourth-order valence-electron chi connectivity index (χ4n) is 3.30. The van der Waals surface area contributed by atoms with E-state index in [4.69, 9.17) is 0 Å². The number of piperidine rings is 1. The second kappa shape index (κ2) is 7.17. The monoisotopic (exact) mass is 330 g/mol. The first-order valence-electron chi connectivity index (χ1n) is 8.60. The molecule has 1 amide bonds. The molecule has 0 aliphatic carbocycles. The zero-order valence-corrected chi connectivity index (χ0v) is 14.6. The van der Waals surface area contributed by atoms with Crippen LogP contribution in [0.5, 0.6) is 0 Å². The Morgan fingerprint density at radius 3 is 3.04 bits per heavy atom. The number of nitrogens with zero attached hydrogens (tertiary/aromatic N) is 4. The first-order valence-corrected chi connectivity index (χ1v) is 8.60. The zero-order valence-electron chi connectivity index (χ0n) is 14.6. The number of hydrogen-bond donors (Lipinski definition) is 2. The Labute approximate surface area is 142 Å². The number of nitrogens with one attached hydrogen (secondary N) is 2. The van der Waals surface area contributed by atoms with Crippen LogP contribution in [0.1, 0.15) is 50.0 Å². The van der Waals surface area contributed by atoms with Crippen LogP contribution in [0.3, 0.4) is 0 Å². The van der Waals surface area contributed by atoms with Gasteiger partial charge in [-0.2, -0.15) is 10.2 Å². The van der Waals surface area contributed by atoms with Crippen molar-refractivity contribution < 1.29 is 4.79 Å². The lowest BCUT2D eigenvalue weighted by Crippen LogP contribution is -2.40. The summed E-state index contributed by atoms with van der Waals surface area (Å²) in [5, 5.41) is 14.6. The lowest BCUT2D eigenvalue weighted by atomic mass is 9.94. The number of aromatic amines is 1. The van der Waals surface area contributed by atoms with Gasteiger partial charge in [0.05, 0.1) is 18.4 Å². The van der Waals surface area contributed by atoms with Crippen molar-refractivity contribution in [3.63, 3.8) is 0 Å². The minimum absolute atomic E-state index is 0.0104. The summed E-state index contributed by atoms with van der Waals surface area (Å²) in [6.45, 7) is 8.34. The predicted octanol–water partition coefficient (Wildman–Crippen LogP) is 2.31. The zero-order chi connectivity index (χ0) is 17.1. The van der Waals surface area contributed by atoms with Crippen LogP contribution >= 0.6 is 0 Å². The van der Waals surface area contributed by atoms with Crippen LogP contribution in [-0.4, -0.2) is 50.4 Å². The van der Waals surface area contributed by atoms with E-state index >= 15 is 0 Å². The Hall–Kier alpha value is -2.15. The number of carbonyl (C=O) groups is 1. The Morgan fingerprint density at radius 2 is 2.33 bits per heavy atom. The van der Waals surface area contributed by atoms with Gasteiger partial charge >= 0.3 is 0 Å². The van der Waals surface area contributed by atoms with Gasteiger partial charge in [0, 0.05) is 30.3 Å². The fourth-order valence-corrected chi connectivity index (χ4v) is 3.30. The van der Waals surface area contributed by atoms with Crippen molar-refractivity contribution in [2.45, 2.75) is 45.6 Å². The standard InChI is InChI=1S/C17H26N6O/c1-12(2)23-16(6-7-18-23)19-17(24)11-22-8-4-5-14(10-22)15-9-13(3)20-21-15/h6-7,9,12,14H,4-5,8,10-11H2,1-3H3,(H,19,24)(H,20,21)/t14-/m1/s1. The molecule has 2 aromatic rings. The molecule has 2 aromatic heterocycles. The number of H-pyrrole nitrogens is 1.